The van der Waals surface area contributed by atoms with Crippen molar-refractivity contribution in [1.29, 1.82) is 0 Å². The molecule has 0 fully saturated rings. The molecule has 314 valence electrons. The van der Waals surface area contributed by atoms with Gasteiger partial charge in [0.25, 0.3) is 6.71 Å². The third kappa shape index (κ3) is 6.17. The van der Waals surface area contributed by atoms with Gasteiger partial charge in [0, 0.05) is 33.1 Å². The highest BCUT2D eigenvalue weighted by atomic mass is 16.5. The standard InChI is InChI=1S/C58H56BNO3/c1-55(2,3)35-19-17-33(18-20-35)34-27-48-52-49(28-34)62-50-32-45(60-43-24-21-36(56(4,5)6)29-40(43)41-30-37(57(7,8)9)22-25-44(41)60)54-51(39-15-13-14-16-46(39)63-54)53(50)59(52)42-31-38(58(10,11)12)23-26-47(42)61-48/h13-32H,1-12H3. The molecule has 7 aromatic carbocycles. The number of hydrogen-bond acceptors (Lipinski definition) is 3. The second-order valence-corrected chi connectivity index (χ2v) is 22.3. The predicted molar refractivity (Wildman–Crippen MR) is 266 cm³/mol. The van der Waals surface area contributed by atoms with Crippen molar-refractivity contribution in [1.82, 2.24) is 4.57 Å². The first kappa shape index (κ1) is 39.6. The molecule has 4 heterocycles. The lowest BCUT2D eigenvalue weighted by Gasteiger charge is -2.35. The number of furan rings is 1. The fourth-order valence-electron chi connectivity index (χ4n) is 10.0. The molecule has 0 aliphatic carbocycles. The predicted octanol–water partition coefficient (Wildman–Crippen LogP) is 14.3. The van der Waals surface area contributed by atoms with Crippen LogP contribution in [0.3, 0.4) is 0 Å². The smallest absolute Gasteiger partial charge is 0.261 e. The summed E-state index contributed by atoms with van der Waals surface area (Å²) in [6.45, 7) is 27.2. The van der Waals surface area contributed by atoms with Crippen molar-refractivity contribution >= 4 is 66.8 Å². The van der Waals surface area contributed by atoms with Crippen LogP contribution in [0.15, 0.2) is 126 Å². The van der Waals surface area contributed by atoms with Crippen LogP contribution in [0.4, 0.5) is 0 Å². The molecule has 2 aliphatic rings. The van der Waals surface area contributed by atoms with E-state index in [1.807, 2.05) is 0 Å². The van der Waals surface area contributed by atoms with Crippen molar-refractivity contribution < 1.29 is 13.9 Å². The molecule has 9 aromatic rings. The molecule has 0 N–H and O–H groups in total. The van der Waals surface area contributed by atoms with Crippen LogP contribution >= 0.6 is 0 Å². The van der Waals surface area contributed by atoms with Gasteiger partial charge in [-0.15, -0.1) is 0 Å². The van der Waals surface area contributed by atoms with Crippen molar-refractivity contribution in [3.8, 4) is 39.8 Å². The van der Waals surface area contributed by atoms with Crippen molar-refractivity contribution in [2.24, 2.45) is 0 Å². The van der Waals surface area contributed by atoms with Crippen LogP contribution < -0.4 is 25.9 Å². The first-order chi connectivity index (χ1) is 29.7. The maximum atomic E-state index is 7.36. The van der Waals surface area contributed by atoms with Crippen molar-refractivity contribution in [3.63, 3.8) is 0 Å². The zero-order valence-corrected chi connectivity index (χ0v) is 38.8. The molecular weight excluding hydrogens is 769 g/mol. The van der Waals surface area contributed by atoms with Gasteiger partial charge in [-0.3, -0.25) is 0 Å². The van der Waals surface area contributed by atoms with Crippen LogP contribution in [0.5, 0.6) is 23.0 Å². The Balaban J connectivity index is 1.23. The summed E-state index contributed by atoms with van der Waals surface area (Å²) in [7, 11) is 0. The summed E-state index contributed by atoms with van der Waals surface area (Å²) in [5.74, 6) is 3.34. The molecule has 4 nitrogen and oxygen atoms in total. The van der Waals surface area contributed by atoms with E-state index in [1.165, 1.54) is 33.0 Å². The van der Waals surface area contributed by atoms with Crippen LogP contribution in [-0.2, 0) is 21.7 Å². The van der Waals surface area contributed by atoms with E-state index in [0.717, 1.165) is 89.2 Å². The minimum Gasteiger partial charge on any atom is -0.458 e. The molecule has 5 heteroatoms. The van der Waals surface area contributed by atoms with Gasteiger partial charge < -0.3 is 18.5 Å². The summed E-state index contributed by atoms with van der Waals surface area (Å²) in [6.07, 6.45) is 0. The first-order valence-electron chi connectivity index (χ1n) is 22.6. The highest BCUT2D eigenvalue weighted by molar-refractivity contribution is 6.99. The van der Waals surface area contributed by atoms with Gasteiger partial charge in [0.1, 0.15) is 28.6 Å². The topological polar surface area (TPSA) is 36.5 Å². The van der Waals surface area contributed by atoms with Gasteiger partial charge in [-0.25, -0.2) is 0 Å². The van der Waals surface area contributed by atoms with Gasteiger partial charge in [0.15, 0.2) is 5.58 Å². The zero-order valence-electron chi connectivity index (χ0n) is 38.8. The SMILES string of the molecule is CC(C)(C)c1ccc(-c2cc3c4c(c2)Oc2cc(-n5c6ccc(C(C)(C)C)cc6c6cc(C(C)(C)C)ccc65)c5oc6ccccc6c5c2B4c2cc(C(C)(C)C)ccc2O3)cc1. The number of ether oxygens (including phenoxy) is 2. The van der Waals surface area contributed by atoms with Gasteiger partial charge in [-0.2, -0.15) is 0 Å². The Morgan fingerprint density at radius 1 is 0.429 bits per heavy atom. The highest BCUT2D eigenvalue weighted by Crippen LogP contribution is 2.46. The Kier molecular flexibility index (Phi) is 8.29. The van der Waals surface area contributed by atoms with E-state index < -0.39 is 0 Å². The highest BCUT2D eigenvalue weighted by Gasteiger charge is 2.44. The maximum absolute atomic E-state index is 7.36. The van der Waals surface area contributed by atoms with E-state index in [2.05, 4.69) is 209 Å². The zero-order chi connectivity index (χ0) is 44.1. The van der Waals surface area contributed by atoms with Gasteiger partial charge in [-0.1, -0.05) is 150 Å². The summed E-state index contributed by atoms with van der Waals surface area (Å²) in [5.41, 5.74) is 15.6. The quantitative estimate of drug-likeness (QED) is 0.163. The number of rotatable bonds is 2. The van der Waals surface area contributed by atoms with Crippen LogP contribution in [0.2, 0.25) is 0 Å². The third-order valence-electron chi connectivity index (χ3n) is 13.8. The summed E-state index contributed by atoms with van der Waals surface area (Å²) >= 11 is 0. The molecule has 2 aliphatic heterocycles. The monoisotopic (exact) mass is 825 g/mol. The normalized spacial score (nSPS) is 13.9. The molecule has 0 bridgehead atoms. The Morgan fingerprint density at radius 2 is 0.937 bits per heavy atom. The van der Waals surface area contributed by atoms with E-state index >= 15 is 0 Å². The van der Waals surface area contributed by atoms with Crippen molar-refractivity contribution in [3.05, 3.63) is 144 Å². The Morgan fingerprint density at radius 3 is 1.52 bits per heavy atom. The summed E-state index contributed by atoms with van der Waals surface area (Å²) in [5, 5.41) is 4.61. The van der Waals surface area contributed by atoms with Gasteiger partial charge >= 0.3 is 0 Å². The van der Waals surface area contributed by atoms with Crippen LogP contribution in [0.1, 0.15) is 105 Å². The lowest BCUT2D eigenvalue weighted by Crippen LogP contribution is -2.57. The summed E-state index contributed by atoms with van der Waals surface area (Å²) in [4.78, 5) is 0. The van der Waals surface area contributed by atoms with Gasteiger partial charge in [0.2, 0.25) is 0 Å². The van der Waals surface area contributed by atoms with E-state index in [1.54, 1.807) is 0 Å². The van der Waals surface area contributed by atoms with Crippen LogP contribution in [0, 0.1) is 0 Å². The van der Waals surface area contributed by atoms with Crippen LogP contribution in [-0.4, -0.2) is 11.3 Å². The molecular formula is C58H56BNO3. The second-order valence-electron chi connectivity index (χ2n) is 22.3. The summed E-state index contributed by atoms with van der Waals surface area (Å²) < 4.78 is 23.9. The Labute approximate surface area is 371 Å². The molecule has 0 unspecified atom stereocenters. The van der Waals surface area contributed by atoms with E-state index in [4.69, 9.17) is 13.9 Å². The van der Waals surface area contributed by atoms with Crippen molar-refractivity contribution in [2.45, 2.75) is 105 Å². The van der Waals surface area contributed by atoms with E-state index in [0.29, 0.717) is 0 Å². The molecule has 2 aromatic heterocycles. The number of fused-ring (bicyclic) bond motifs is 11. The van der Waals surface area contributed by atoms with E-state index in [9.17, 15) is 0 Å². The molecule has 63 heavy (non-hydrogen) atoms. The molecule has 0 saturated heterocycles. The Hall–Kier alpha value is -6.20. The molecule has 0 amide bonds. The lowest BCUT2D eigenvalue weighted by molar-refractivity contribution is 0.464. The molecule has 11 rings (SSSR count). The number of hydrogen-bond donors (Lipinski definition) is 0. The minimum absolute atomic E-state index is 0.0114. The average molecular weight is 826 g/mol. The Bertz CT molecular complexity index is 3300. The van der Waals surface area contributed by atoms with Gasteiger partial charge in [0.05, 0.1) is 16.7 Å². The number of para-hydroxylation sites is 1. The van der Waals surface area contributed by atoms with Crippen LogP contribution in [0.25, 0.3) is 60.6 Å². The fraction of sp³-hybridized carbons (Fsp3) is 0.276. The minimum atomic E-state index is -0.165. The number of nitrogens with zero attached hydrogens (tertiary/aromatic N) is 1. The van der Waals surface area contributed by atoms with Gasteiger partial charge in [-0.05, 0) is 114 Å². The van der Waals surface area contributed by atoms with E-state index in [-0.39, 0.29) is 28.4 Å². The molecule has 0 saturated carbocycles. The third-order valence-corrected chi connectivity index (χ3v) is 13.8. The lowest BCUT2D eigenvalue weighted by atomic mass is 9.34. The summed E-state index contributed by atoms with van der Waals surface area (Å²) in [6, 6.07) is 44.9. The van der Waals surface area contributed by atoms with Crippen molar-refractivity contribution in [2.75, 3.05) is 0 Å². The number of aromatic nitrogens is 1. The molecule has 0 atom stereocenters. The largest absolute Gasteiger partial charge is 0.458 e. The maximum Gasteiger partial charge on any atom is 0.261 e. The first-order valence-corrected chi connectivity index (χ1v) is 22.6. The number of benzene rings is 7. The second kappa shape index (κ2) is 13.2. The molecule has 0 spiro atoms. The molecule has 0 radical (unpaired) electrons. The fourth-order valence-corrected chi connectivity index (χ4v) is 10.0. The average Bonchev–Trinajstić information content (AvgIpc) is 3.77.